The van der Waals surface area contributed by atoms with E-state index in [1.54, 1.807) is 25.1 Å². The van der Waals surface area contributed by atoms with Crippen molar-refractivity contribution in [1.82, 2.24) is 9.97 Å². The minimum atomic E-state index is -0.934. The van der Waals surface area contributed by atoms with Gasteiger partial charge in [-0.15, -0.1) is 0 Å². The average Bonchev–Trinajstić information content (AvgIpc) is 2.75. The second-order valence-electron chi connectivity index (χ2n) is 8.11. The number of nitrogens with zero attached hydrogens (tertiary/aromatic N) is 2. The average molecular weight is 444 g/mol. The molecule has 2 atom stereocenters. The highest BCUT2D eigenvalue weighted by atomic mass is 35.5. The molecule has 2 aliphatic rings. The van der Waals surface area contributed by atoms with Crippen molar-refractivity contribution in [2.75, 3.05) is 22.1 Å². The highest BCUT2D eigenvalue weighted by Crippen LogP contribution is 2.32. The topological polar surface area (TPSA) is 107 Å². The van der Waals surface area contributed by atoms with E-state index in [1.807, 2.05) is 0 Å². The molecule has 2 amide bonds. The van der Waals surface area contributed by atoms with E-state index in [0.29, 0.717) is 22.7 Å². The Balaban J connectivity index is 1.67. The Morgan fingerprint density at radius 2 is 2.13 bits per heavy atom. The predicted molar refractivity (Wildman–Crippen MR) is 121 cm³/mol. The van der Waals surface area contributed by atoms with Crippen molar-refractivity contribution >= 4 is 40.9 Å². The fraction of sp³-hybridized carbons (Fsp3) is 0.455. The molecule has 8 nitrogen and oxygen atoms in total. The summed E-state index contributed by atoms with van der Waals surface area (Å²) in [6.07, 6.45) is 4.02. The summed E-state index contributed by atoms with van der Waals surface area (Å²) >= 11 is 6.14. The first-order valence-electron chi connectivity index (χ1n) is 10.7. The Morgan fingerprint density at radius 1 is 1.32 bits per heavy atom. The van der Waals surface area contributed by atoms with E-state index in [0.717, 1.165) is 37.8 Å². The molecule has 164 valence electrons. The molecule has 31 heavy (non-hydrogen) atoms. The van der Waals surface area contributed by atoms with Crippen LogP contribution in [0.15, 0.2) is 23.0 Å². The highest BCUT2D eigenvalue weighted by molar-refractivity contribution is 6.31. The number of anilines is 3. The van der Waals surface area contributed by atoms with Crippen LogP contribution in [0.2, 0.25) is 5.02 Å². The maximum absolute atomic E-state index is 13.1. The zero-order valence-electron chi connectivity index (χ0n) is 17.6. The third-order valence-electron chi connectivity index (χ3n) is 6.15. The SMILES string of the molecule is CC[C@H]1CCCCN1c1nc2c(c(=O)[nH]1)[C@H](C(=O)Nc1cccc(Cl)c1C)CC(=O)N2. The van der Waals surface area contributed by atoms with Crippen molar-refractivity contribution in [1.29, 1.82) is 0 Å². The summed E-state index contributed by atoms with van der Waals surface area (Å²) in [5.41, 5.74) is 1.05. The molecule has 0 spiro atoms. The number of aromatic amines is 1. The van der Waals surface area contributed by atoms with E-state index in [4.69, 9.17) is 11.6 Å². The van der Waals surface area contributed by atoms with Crippen molar-refractivity contribution in [3.8, 4) is 0 Å². The molecule has 1 aromatic carbocycles. The Morgan fingerprint density at radius 3 is 2.90 bits per heavy atom. The van der Waals surface area contributed by atoms with Gasteiger partial charge in [-0.3, -0.25) is 19.4 Å². The van der Waals surface area contributed by atoms with Gasteiger partial charge in [-0.2, -0.15) is 4.98 Å². The Bertz CT molecular complexity index is 1080. The Hall–Kier alpha value is -2.87. The van der Waals surface area contributed by atoms with Crippen LogP contribution >= 0.6 is 11.6 Å². The van der Waals surface area contributed by atoms with E-state index in [9.17, 15) is 14.4 Å². The maximum atomic E-state index is 13.1. The molecule has 3 heterocycles. The van der Waals surface area contributed by atoms with Crippen molar-refractivity contribution in [2.24, 2.45) is 0 Å². The summed E-state index contributed by atoms with van der Waals surface area (Å²) in [4.78, 5) is 48.0. The van der Waals surface area contributed by atoms with Gasteiger partial charge in [0.1, 0.15) is 5.82 Å². The van der Waals surface area contributed by atoms with E-state index in [1.165, 1.54) is 0 Å². The number of carbonyl (C=O) groups excluding carboxylic acids is 2. The number of rotatable bonds is 4. The number of aromatic nitrogens is 2. The van der Waals surface area contributed by atoms with E-state index in [-0.39, 0.29) is 23.7 Å². The minimum Gasteiger partial charge on any atom is -0.339 e. The molecule has 2 aliphatic heterocycles. The third-order valence-corrected chi connectivity index (χ3v) is 6.56. The number of fused-ring (bicyclic) bond motifs is 1. The molecule has 0 radical (unpaired) electrons. The minimum absolute atomic E-state index is 0.121. The molecule has 0 aliphatic carbocycles. The van der Waals surface area contributed by atoms with Crippen LogP contribution in [-0.4, -0.2) is 34.4 Å². The van der Waals surface area contributed by atoms with Crippen LogP contribution < -0.4 is 21.1 Å². The van der Waals surface area contributed by atoms with Gasteiger partial charge in [0.15, 0.2) is 0 Å². The number of carbonyl (C=O) groups is 2. The monoisotopic (exact) mass is 443 g/mol. The van der Waals surface area contributed by atoms with Crippen molar-refractivity contribution < 1.29 is 9.59 Å². The summed E-state index contributed by atoms with van der Waals surface area (Å²) in [7, 11) is 0. The number of amides is 2. The summed E-state index contributed by atoms with van der Waals surface area (Å²) in [6.45, 7) is 4.70. The lowest BCUT2D eigenvalue weighted by Gasteiger charge is -2.36. The smallest absolute Gasteiger partial charge is 0.258 e. The summed E-state index contributed by atoms with van der Waals surface area (Å²) in [5, 5.41) is 6.02. The van der Waals surface area contributed by atoms with Crippen LogP contribution in [0.4, 0.5) is 17.5 Å². The first kappa shape index (κ1) is 21.4. The summed E-state index contributed by atoms with van der Waals surface area (Å²) in [6, 6.07) is 5.49. The molecular formula is C22H26ClN5O3. The van der Waals surface area contributed by atoms with Crippen LogP contribution in [0.1, 0.15) is 56.1 Å². The maximum Gasteiger partial charge on any atom is 0.258 e. The number of nitrogens with one attached hydrogen (secondary N) is 3. The highest BCUT2D eigenvalue weighted by Gasteiger charge is 2.36. The number of hydrogen-bond acceptors (Lipinski definition) is 5. The first-order chi connectivity index (χ1) is 14.9. The zero-order chi connectivity index (χ0) is 22.1. The molecule has 1 saturated heterocycles. The molecule has 4 rings (SSSR count). The number of hydrogen-bond donors (Lipinski definition) is 3. The van der Waals surface area contributed by atoms with Crippen molar-refractivity contribution in [3.05, 3.63) is 44.7 Å². The van der Waals surface area contributed by atoms with Crippen molar-refractivity contribution in [2.45, 2.75) is 57.9 Å². The lowest BCUT2D eigenvalue weighted by Crippen LogP contribution is -2.43. The molecule has 1 aromatic heterocycles. The van der Waals surface area contributed by atoms with Gasteiger partial charge in [-0.1, -0.05) is 24.6 Å². The van der Waals surface area contributed by atoms with Gasteiger partial charge < -0.3 is 15.5 Å². The third kappa shape index (κ3) is 4.17. The van der Waals surface area contributed by atoms with Crippen LogP contribution in [0.25, 0.3) is 0 Å². The molecular weight excluding hydrogens is 418 g/mol. The van der Waals surface area contributed by atoms with E-state index < -0.39 is 17.4 Å². The summed E-state index contributed by atoms with van der Waals surface area (Å²) in [5.74, 6) is -1.10. The van der Waals surface area contributed by atoms with Crippen LogP contribution in [-0.2, 0) is 9.59 Å². The largest absolute Gasteiger partial charge is 0.339 e. The lowest BCUT2D eigenvalue weighted by molar-refractivity contribution is -0.123. The summed E-state index contributed by atoms with van der Waals surface area (Å²) < 4.78 is 0. The Kier molecular flexibility index (Phi) is 6.00. The zero-order valence-corrected chi connectivity index (χ0v) is 18.4. The molecule has 0 unspecified atom stereocenters. The van der Waals surface area contributed by atoms with Gasteiger partial charge >= 0.3 is 0 Å². The van der Waals surface area contributed by atoms with E-state index >= 15 is 0 Å². The van der Waals surface area contributed by atoms with Gasteiger partial charge in [0.25, 0.3) is 5.56 Å². The van der Waals surface area contributed by atoms with Crippen LogP contribution in [0, 0.1) is 6.92 Å². The van der Waals surface area contributed by atoms with Crippen LogP contribution in [0.3, 0.4) is 0 Å². The molecule has 0 bridgehead atoms. The van der Waals surface area contributed by atoms with Gasteiger partial charge in [-0.05, 0) is 50.3 Å². The molecule has 0 saturated carbocycles. The molecule has 3 N–H and O–H groups in total. The fourth-order valence-electron chi connectivity index (χ4n) is 4.39. The number of benzene rings is 1. The van der Waals surface area contributed by atoms with Crippen molar-refractivity contribution in [3.63, 3.8) is 0 Å². The van der Waals surface area contributed by atoms with Gasteiger partial charge in [0, 0.05) is 29.7 Å². The molecule has 2 aromatic rings. The standard InChI is InChI=1S/C22H26ClN5O3/c1-3-13-7-4-5-10-28(13)22-26-19-18(21(31)27-22)14(11-17(29)25-19)20(30)24-16-9-6-8-15(23)12(16)2/h6,8-9,13-14H,3-5,7,10-11H2,1-2H3,(H,24,30)(H2,25,26,27,29,31)/t13-,14+/m0/s1. The lowest BCUT2D eigenvalue weighted by atomic mass is 9.92. The molecule has 9 heteroatoms. The fourth-order valence-corrected chi connectivity index (χ4v) is 4.56. The number of H-pyrrole nitrogens is 1. The first-order valence-corrected chi connectivity index (χ1v) is 11.0. The quantitative estimate of drug-likeness (QED) is 0.669. The van der Waals surface area contributed by atoms with Crippen LogP contribution in [0.5, 0.6) is 0 Å². The second kappa shape index (κ2) is 8.70. The van der Waals surface area contributed by atoms with Gasteiger partial charge in [0.2, 0.25) is 17.8 Å². The normalized spacial score (nSPS) is 20.7. The van der Waals surface area contributed by atoms with Gasteiger partial charge in [0.05, 0.1) is 11.5 Å². The number of piperidine rings is 1. The second-order valence-corrected chi connectivity index (χ2v) is 8.52. The number of halogens is 1. The Labute approximate surface area is 185 Å². The van der Waals surface area contributed by atoms with Gasteiger partial charge in [-0.25, -0.2) is 0 Å². The molecule has 1 fully saturated rings. The van der Waals surface area contributed by atoms with E-state index in [2.05, 4.69) is 32.4 Å². The predicted octanol–water partition coefficient (Wildman–Crippen LogP) is 3.57.